The summed E-state index contributed by atoms with van der Waals surface area (Å²) >= 11 is 0. The highest BCUT2D eigenvalue weighted by atomic mass is 16.5. The van der Waals surface area contributed by atoms with Crippen LogP contribution in [-0.2, 0) is 6.42 Å². The van der Waals surface area contributed by atoms with Crippen molar-refractivity contribution in [3.8, 4) is 5.75 Å². The molecule has 2 aromatic carbocycles. The normalized spacial score (nSPS) is 13.5. The second-order valence-corrected chi connectivity index (χ2v) is 6.37. The quantitative estimate of drug-likeness (QED) is 0.712. The van der Waals surface area contributed by atoms with Crippen molar-refractivity contribution >= 4 is 5.78 Å². The number of likely N-dealkylation sites (N-methyl/N-ethyl adjacent to an activating group) is 1. The van der Waals surface area contributed by atoms with Gasteiger partial charge < -0.3 is 9.84 Å². The summed E-state index contributed by atoms with van der Waals surface area (Å²) in [7, 11) is 3.92. The first-order chi connectivity index (χ1) is 12.0. The van der Waals surface area contributed by atoms with Gasteiger partial charge in [-0.25, -0.2) is 0 Å². The van der Waals surface area contributed by atoms with Crippen molar-refractivity contribution in [2.45, 2.75) is 25.3 Å². The van der Waals surface area contributed by atoms with E-state index in [1.165, 1.54) is 0 Å². The van der Waals surface area contributed by atoms with Crippen LogP contribution in [0, 0.1) is 0 Å². The predicted octanol–water partition coefficient (Wildman–Crippen LogP) is 3.19. The molecule has 0 spiro atoms. The third-order valence-electron chi connectivity index (χ3n) is 4.68. The van der Waals surface area contributed by atoms with Gasteiger partial charge in [0.15, 0.2) is 5.78 Å². The van der Waals surface area contributed by atoms with E-state index in [1.54, 1.807) is 24.3 Å². The van der Waals surface area contributed by atoms with E-state index in [4.69, 9.17) is 9.84 Å². The lowest BCUT2D eigenvalue weighted by atomic mass is 9.80. The summed E-state index contributed by atoms with van der Waals surface area (Å²) in [5, 5.41) is 8.83. The first kappa shape index (κ1) is 19.2. The summed E-state index contributed by atoms with van der Waals surface area (Å²) < 4.78 is 5.37. The van der Waals surface area contributed by atoms with E-state index in [2.05, 4.69) is 19.1 Å². The molecule has 4 nitrogen and oxygen atoms in total. The van der Waals surface area contributed by atoms with Crippen LogP contribution in [0.4, 0.5) is 0 Å². The monoisotopic (exact) mass is 341 g/mol. The number of carbonyl (C=O) groups excluding carboxylic acids is 1. The van der Waals surface area contributed by atoms with Crippen LogP contribution in [-0.4, -0.2) is 48.6 Å². The molecule has 25 heavy (non-hydrogen) atoms. The molecule has 0 saturated heterocycles. The van der Waals surface area contributed by atoms with Crippen molar-refractivity contribution in [1.29, 1.82) is 0 Å². The van der Waals surface area contributed by atoms with E-state index in [1.807, 2.05) is 37.2 Å². The average Bonchev–Trinajstić information content (AvgIpc) is 2.65. The van der Waals surface area contributed by atoms with Crippen molar-refractivity contribution in [1.82, 2.24) is 4.90 Å². The summed E-state index contributed by atoms with van der Waals surface area (Å²) in [5.74, 6) is 0.762. The highest BCUT2D eigenvalue weighted by molar-refractivity contribution is 6.03. The zero-order chi connectivity index (χ0) is 18.3. The van der Waals surface area contributed by atoms with Crippen LogP contribution < -0.4 is 4.74 Å². The van der Waals surface area contributed by atoms with E-state index in [0.29, 0.717) is 17.7 Å². The largest absolute Gasteiger partial charge is 0.491 e. The molecular formula is C21H27NO3. The average molecular weight is 341 g/mol. The summed E-state index contributed by atoms with van der Waals surface area (Å²) in [5.41, 5.74) is 1.23. The van der Waals surface area contributed by atoms with Gasteiger partial charge in [0.1, 0.15) is 12.4 Å². The van der Waals surface area contributed by atoms with Gasteiger partial charge in [0, 0.05) is 5.56 Å². The van der Waals surface area contributed by atoms with Crippen LogP contribution in [0.1, 0.15) is 29.3 Å². The number of carbonyl (C=O) groups is 1. The van der Waals surface area contributed by atoms with Gasteiger partial charge in [0.25, 0.3) is 0 Å². The highest BCUT2D eigenvalue weighted by Gasteiger charge is 2.39. The lowest BCUT2D eigenvalue weighted by Crippen LogP contribution is -2.52. The maximum absolute atomic E-state index is 13.3. The topological polar surface area (TPSA) is 49.8 Å². The zero-order valence-corrected chi connectivity index (χ0v) is 15.2. The molecule has 0 saturated carbocycles. The lowest BCUT2D eigenvalue weighted by Gasteiger charge is -2.38. The molecule has 0 aliphatic heterocycles. The Kier molecular flexibility index (Phi) is 6.73. The van der Waals surface area contributed by atoms with E-state index in [0.717, 1.165) is 12.0 Å². The Hall–Kier alpha value is -2.17. The van der Waals surface area contributed by atoms with Gasteiger partial charge in [-0.1, -0.05) is 37.3 Å². The molecule has 1 unspecified atom stereocenters. The molecule has 0 bridgehead atoms. The minimum atomic E-state index is -0.588. The number of hydrogen-bond donors (Lipinski definition) is 1. The standard InChI is InChI=1S/C21H27NO3/c1-4-21(22(2)3,16-17-8-6-5-7-9-17)20(24)18-10-12-19(13-11-18)25-15-14-23/h5-13,23H,4,14-16H2,1-3H3. The summed E-state index contributed by atoms with van der Waals surface area (Å²) in [6.07, 6.45) is 1.38. The van der Waals surface area contributed by atoms with Gasteiger partial charge >= 0.3 is 0 Å². The van der Waals surface area contributed by atoms with Crippen molar-refractivity contribution in [3.63, 3.8) is 0 Å². The fourth-order valence-electron chi connectivity index (χ4n) is 3.11. The molecule has 4 heteroatoms. The second-order valence-electron chi connectivity index (χ2n) is 6.37. The SMILES string of the molecule is CCC(Cc1ccccc1)(C(=O)c1ccc(OCCO)cc1)N(C)C. The zero-order valence-electron chi connectivity index (χ0n) is 15.2. The Balaban J connectivity index is 2.29. The minimum absolute atomic E-state index is 0.0304. The third kappa shape index (κ3) is 4.47. The van der Waals surface area contributed by atoms with Crippen molar-refractivity contribution in [3.05, 3.63) is 65.7 Å². The number of hydrogen-bond acceptors (Lipinski definition) is 4. The number of benzene rings is 2. The Morgan fingerprint density at radius 3 is 2.24 bits per heavy atom. The van der Waals surface area contributed by atoms with Crippen LogP contribution in [0.5, 0.6) is 5.75 Å². The highest BCUT2D eigenvalue weighted by Crippen LogP contribution is 2.28. The number of rotatable bonds is 9. The molecule has 134 valence electrons. The molecule has 0 fully saturated rings. The van der Waals surface area contributed by atoms with Gasteiger partial charge in [0.05, 0.1) is 12.1 Å². The molecular weight excluding hydrogens is 314 g/mol. The van der Waals surface area contributed by atoms with Crippen LogP contribution >= 0.6 is 0 Å². The fraction of sp³-hybridized carbons (Fsp3) is 0.381. The summed E-state index contributed by atoms with van der Waals surface area (Å²) in [6.45, 7) is 2.27. The van der Waals surface area contributed by atoms with E-state index in [-0.39, 0.29) is 19.0 Å². The predicted molar refractivity (Wildman–Crippen MR) is 100 cm³/mol. The van der Waals surface area contributed by atoms with Crippen LogP contribution in [0.3, 0.4) is 0 Å². The maximum atomic E-state index is 13.3. The second kappa shape index (κ2) is 8.79. The van der Waals surface area contributed by atoms with Gasteiger partial charge in [-0.05, 0) is 56.8 Å². The Morgan fingerprint density at radius 2 is 1.72 bits per heavy atom. The Morgan fingerprint density at radius 1 is 1.08 bits per heavy atom. The van der Waals surface area contributed by atoms with Crippen molar-refractivity contribution in [2.75, 3.05) is 27.3 Å². The fourth-order valence-corrected chi connectivity index (χ4v) is 3.11. The van der Waals surface area contributed by atoms with Gasteiger partial charge in [-0.2, -0.15) is 0 Å². The number of aliphatic hydroxyl groups is 1. The molecule has 0 amide bonds. The molecule has 0 aliphatic rings. The smallest absolute Gasteiger partial charge is 0.183 e. The number of aliphatic hydroxyl groups excluding tert-OH is 1. The number of ketones is 1. The van der Waals surface area contributed by atoms with E-state index < -0.39 is 5.54 Å². The molecule has 1 N–H and O–H groups in total. The van der Waals surface area contributed by atoms with Gasteiger partial charge in [-0.3, -0.25) is 9.69 Å². The minimum Gasteiger partial charge on any atom is -0.491 e. The Bertz CT molecular complexity index is 667. The van der Waals surface area contributed by atoms with E-state index in [9.17, 15) is 4.79 Å². The molecule has 1 atom stereocenters. The summed E-state index contributed by atoms with van der Waals surface area (Å²) in [4.78, 5) is 15.4. The number of nitrogens with zero attached hydrogens (tertiary/aromatic N) is 1. The molecule has 0 heterocycles. The molecule has 0 aliphatic carbocycles. The molecule has 2 rings (SSSR count). The van der Waals surface area contributed by atoms with Crippen LogP contribution in [0.2, 0.25) is 0 Å². The first-order valence-corrected chi connectivity index (χ1v) is 8.63. The van der Waals surface area contributed by atoms with Gasteiger partial charge in [-0.15, -0.1) is 0 Å². The Labute approximate surface area is 150 Å². The number of Topliss-reactive ketones (excluding diaryl/α,β-unsaturated/α-hetero) is 1. The van der Waals surface area contributed by atoms with E-state index >= 15 is 0 Å². The first-order valence-electron chi connectivity index (χ1n) is 8.63. The third-order valence-corrected chi connectivity index (χ3v) is 4.68. The van der Waals surface area contributed by atoms with Gasteiger partial charge in [0.2, 0.25) is 0 Å². The maximum Gasteiger partial charge on any atom is 0.183 e. The number of ether oxygens (including phenoxy) is 1. The van der Waals surface area contributed by atoms with Crippen LogP contribution in [0.25, 0.3) is 0 Å². The molecule has 2 aromatic rings. The molecule has 0 aromatic heterocycles. The lowest BCUT2D eigenvalue weighted by molar-refractivity contribution is 0.0666. The molecule has 0 radical (unpaired) electrons. The van der Waals surface area contributed by atoms with Crippen molar-refractivity contribution in [2.24, 2.45) is 0 Å². The van der Waals surface area contributed by atoms with Crippen molar-refractivity contribution < 1.29 is 14.6 Å². The van der Waals surface area contributed by atoms with Crippen LogP contribution in [0.15, 0.2) is 54.6 Å². The summed E-state index contributed by atoms with van der Waals surface area (Å²) in [6, 6.07) is 17.3.